The van der Waals surface area contributed by atoms with Gasteiger partial charge in [-0.25, -0.2) is 0 Å². The summed E-state index contributed by atoms with van der Waals surface area (Å²) in [4.78, 5) is 60.8. The Labute approximate surface area is 303 Å². The fraction of sp³-hybridized carbons (Fsp3) is 0.487. The molecule has 51 heavy (non-hydrogen) atoms. The zero-order chi connectivity index (χ0) is 36.4. The van der Waals surface area contributed by atoms with Crippen molar-refractivity contribution >= 4 is 41.0 Å². The van der Waals surface area contributed by atoms with Crippen molar-refractivity contribution in [3.63, 3.8) is 0 Å². The Morgan fingerprint density at radius 2 is 1.82 bits per heavy atom. The van der Waals surface area contributed by atoms with E-state index in [4.69, 9.17) is 25.8 Å². The van der Waals surface area contributed by atoms with Crippen LogP contribution in [0.1, 0.15) is 50.3 Å². The zero-order valence-electron chi connectivity index (χ0n) is 29.4. The van der Waals surface area contributed by atoms with Crippen molar-refractivity contribution < 1.29 is 38.5 Å². The van der Waals surface area contributed by atoms with Gasteiger partial charge < -0.3 is 34.4 Å². The van der Waals surface area contributed by atoms with Gasteiger partial charge in [0, 0.05) is 20.1 Å². The number of methoxy groups -OCH3 is 1. The summed E-state index contributed by atoms with van der Waals surface area (Å²) in [7, 11) is 1.50. The lowest BCUT2D eigenvalue weighted by molar-refractivity contribution is -0.163. The molecule has 2 aromatic rings. The average molecular weight is 720 g/mol. The van der Waals surface area contributed by atoms with E-state index in [0.717, 1.165) is 5.56 Å². The SMILES string of the molecule is COC[C@H]1NC(=O)CC/C=C\[C@H]2O[C@]34C=CCN(c5c(C)cccc5Cl)C(=O)[C@H]3N([C@@H](CO)CC(C)C)C(=O)[C@@H]4[C@H]2C(=O)O[C@@H]1c1ccccc1. The van der Waals surface area contributed by atoms with Gasteiger partial charge in [-0.05, 0) is 42.9 Å². The Morgan fingerprint density at radius 1 is 1.06 bits per heavy atom. The number of rotatable bonds is 8. The maximum atomic E-state index is 15.0. The molecule has 4 heterocycles. The molecule has 2 N–H and O–H groups in total. The molecule has 0 unspecified atom stereocenters. The molecule has 4 aliphatic heterocycles. The molecule has 2 fully saturated rings. The minimum Gasteiger partial charge on any atom is -0.455 e. The van der Waals surface area contributed by atoms with Crippen LogP contribution in [-0.2, 0) is 33.4 Å². The second kappa shape index (κ2) is 15.3. The van der Waals surface area contributed by atoms with Crippen LogP contribution in [0.2, 0.25) is 5.02 Å². The number of aryl methyl sites for hydroxylation is 1. The van der Waals surface area contributed by atoms with E-state index < -0.39 is 72.2 Å². The Kier molecular flexibility index (Phi) is 11.0. The maximum Gasteiger partial charge on any atom is 0.313 e. The van der Waals surface area contributed by atoms with Crippen molar-refractivity contribution in [2.75, 3.05) is 31.8 Å². The van der Waals surface area contributed by atoms with Gasteiger partial charge in [0.1, 0.15) is 23.7 Å². The first kappa shape index (κ1) is 36.8. The van der Waals surface area contributed by atoms with Gasteiger partial charge in [0.15, 0.2) is 0 Å². The summed E-state index contributed by atoms with van der Waals surface area (Å²) in [6, 6.07) is 11.8. The van der Waals surface area contributed by atoms with Crippen LogP contribution in [0, 0.1) is 24.7 Å². The number of likely N-dealkylation sites (tertiary alicyclic amines) is 1. The van der Waals surface area contributed by atoms with Crippen LogP contribution < -0.4 is 10.2 Å². The number of anilines is 1. The number of hydrogen-bond donors (Lipinski definition) is 2. The third-order valence-corrected chi connectivity index (χ3v) is 10.6. The van der Waals surface area contributed by atoms with E-state index in [-0.39, 0.29) is 31.4 Å². The highest BCUT2D eigenvalue weighted by Gasteiger charge is 2.72. The number of halogens is 1. The van der Waals surface area contributed by atoms with E-state index in [1.807, 2.05) is 45.0 Å². The Bertz CT molecular complexity index is 1680. The number of hydrogen-bond acceptors (Lipinski definition) is 8. The molecule has 0 radical (unpaired) electrons. The molecule has 1 spiro atoms. The number of fused-ring (bicyclic) bond motifs is 2. The largest absolute Gasteiger partial charge is 0.455 e. The Balaban J connectivity index is 1.49. The van der Waals surface area contributed by atoms with Crippen molar-refractivity contribution in [1.29, 1.82) is 0 Å². The summed E-state index contributed by atoms with van der Waals surface area (Å²) in [5, 5.41) is 14.1. The van der Waals surface area contributed by atoms with E-state index >= 15 is 4.79 Å². The van der Waals surface area contributed by atoms with Gasteiger partial charge >= 0.3 is 5.97 Å². The van der Waals surface area contributed by atoms with Gasteiger partial charge in [-0.15, -0.1) is 0 Å². The molecule has 6 rings (SSSR count). The van der Waals surface area contributed by atoms with Crippen molar-refractivity contribution in [3.8, 4) is 0 Å². The summed E-state index contributed by atoms with van der Waals surface area (Å²) in [5.74, 6) is -4.09. The smallest absolute Gasteiger partial charge is 0.313 e. The monoisotopic (exact) mass is 719 g/mol. The van der Waals surface area contributed by atoms with Crippen molar-refractivity contribution in [1.82, 2.24) is 10.2 Å². The quantitative estimate of drug-likeness (QED) is 0.305. The van der Waals surface area contributed by atoms with Crippen LogP contribution in [0.3, 0.4) is 0 Å². The number of aliphatic hydroxyl groups excluding tert-OH is 1. The third kappa shape index (κ3) is 6.84. The normalized spacial score (nSPS) is 30.8. The minimum absolute atomic E-state index is 0.0586. The van der Waals surface area contributed by atoms with Crippen molar-refractivity contribution in [3.05, 3.63) is 89.0 Å². The second-order valence-corrected chi connectivity index (χ2v) is 14.6. The number of carbonyl (C=O) groups is 4. The molecular formula is C39H46ClN3O8. The standard InChI is InChI=1S/C39H46ClN3O8/c1-23(2)20-26(21-44)43-35-37(47)42(33-24(3)12-10-15-27(33)40)19-11-18-39(35)32(36(43)46)31-29(51-39)16-8-9-17-30(45)41-28(22-49-4)34(50-38(31)48)25-13-6-5-7-14-25/h5-8,10-16,18,23,26,28-29,31-32,34-35,44H,9,17,19-22H2,1-4H3,(H,41,45)/b16-8-/t26-,28-,29-,31+,32+,34-,35-,39+/m1/s1. The highest BCUT2D eigenvalue weighted by molar-refractivity contribution is 6.34. The molecule has 3 amide bonds. The van der Waals surface area contributed by atoms with Gasteiger partial charge in [-0.3, -0.25) is 19.2 Å². The van der Waals surface area contributed by atoms with E-state index in [2.05, 4.69) is 5.32 Å². The Morgan fingerprint density at radius 3 is 2.51 bits per heavy atom. The lowest BCUT2D eigenvalue weighted by atomic mass is 9.77. The zero-order valence-corrected chi connectivity index (χ0v) is 30.1. The molecule has 0 aromatic heterocycles. The van der Waals surface area contributed by atoms with E-state index in [1.165, 1.54) is 12.0 Å². The minimum atomic E-state index is -1.58. The number of amides is 3. The van der Waals surface area contributed by atoms with Crippen molar-refractivity contribution in [2.45, 2.75) is 76.0 Å². The molecule has 8 atom stereocenters. The lowest BCUT2D eigenvalue weighted by Crippen LogP contribution is -2.58. The molecule has 0 bridgehead atoms. The predicted octanol–water partition coefficient (Wildman–Crippen LogP) is 4.30. The van der Waals surface area contributed by atoms with Gasteiger partial charge in [0.2, 0.25) is 11.8 Å². The number of allylic oxidation sites excluding steroid dienone is 1. The number of para-hydroxylation sites is 1. The number of benzene rings is 2. The van der Waals surface area contributed by atoms with Gasteiger partial charge in [0.25, 0.3) is 5.91 Å². The summed E-state index contributed by atoms with van der Waals surface area (Å²) < 4.78 is 18.7. The van der Waals surface area contributed by atoms with E-state index in [0.29, 0.717) is 29.1 Å². The fourth-order valence-electron chi connectivity index (χ4n) is 8.21. The van der Waals surface area contributed by atoms with Crippen LogP contribution in [0.25, 0.3) is 0 Å². The van der Waals surface area contributed by atoms with Crippen molar-refractivity contribution in [2.24, 2.45) is 17.8 Å². The number of ether oxygens (including phenoxy) is 3. The summed E-state index contributed by atoms with van der Waals surface area (Å²) in [6.07, 6.45) is 5.99. The highest BCUT2D eigenvalue weighted by atomic mass is 35.5. The number of aliphatic hydroxyl groups is 1. The maximum absolute atomic E-state index is 15.0. The van der Waals surface area contributed by atoms with Gasteiger partial charge in [-0.2, -0.15) is 0 Å². The average Bonchev–Trinajstić information content (AvgIpc) is 3.49. The number of cyclic esters (lactones) is 1. The highest BCUT2D eigenvalue weighted by Crippen LogP contribution is 2.54. The molecule has 2 aromatic carbocycles. The molecule has 272 valence electrons. The first-order valence-corrected chi connectivity index (χ1v) is 18.0. The van der Waals surface area contributed by atoms with Crippen LogP contribution >= 0.6 is 11.6 Å². The van der Waals surface area contributed by atoms with Crippen LogP contribution in [0.15, 0.2) is 72.8 Å². The molecule has 12 heteroatoms. The third-order valence-electron chi connectivity index (χ3n) is 10.3. The summed E-state index contributed by atoms with van der Waals surface area (Å²) >= 11 is 6.70. The van der Waals surface area contributed by atoms with Crippen LogP contribution in [0.4, 0.5) is 5.69 Å². The molecule has 11 nitrogen and oxygen atoms in total. The predicted molar refractivity (Wildman–Crippen MR) is 191 cm³/mol. The first-order chi connectivity index (χ1) is 24.5. The molecular weight excluding hydrogens is 674 g/mol. The Hall–Kier alpha value is -4.03. The van der Waals surface area contributed by atoms with Crippen LogP contribution in [0.5, 0.6) is 0 Å². The van der Waals surface area contributed by atoms with Gasteiger partial charge in [-0.1, -0.05) is 92.2 Å². The molecule has 4 aliphatic rings. The van der Waals surface area contributed by atoms with Crippen LogP contribution in [-0.4, -0.2) is 90.4 Å². The fourth-order valence-corrected chi connectivity index (χ4v) is 8.53. The molecule has 2 saturated heterocycles. The number of esters is 1. The lowest BCUT2D eigenvalue weighted by Gasteiger charge is -2.39. The first-order valence-electron chi connectivity index (χ1n) is 17.6. The topological polar surface area (TPSA) is 135 Å². The number of nitrogens with zero attached hydrogens (tertiary/aromatic N) is 2. The van der Waals surface area contributed by atoms with Gasteiger partial charge in [0.05, 0.1) is 48.0 Å². The van der Waals surface area contributed by atoms with E-state index in [1.54, 1.807) is 53.5 Å². The summed E-state index contributed by atoms with van der Waals surface area (Å²) in [6.45, 7) is 5.63. The molecule has 0 saturated carbocycles. The summed E-state index contributed by atoms with van der Waals surface area (Å²) in [5.41, 5.74) is 0.344. The second-order valence-electron chi connectivity index (χ2n) is 14.2. The number of carbonyl (C=O) groups excluding carboxylic acids is 4. The molecule has 0 aliphatic carbocycles. The van der Waals surface area contributed by atoms with E-state index in [9.17, 15) is 19.5 Å². The number of nitrogens with one attached hydrogen (secondary N) is 1.